The molecule has 0 saturated heterocycles. The molecular weight excluding hydrogens is 210 g/mol. The van der Waals surface area contributed by atoms with Crippen molar-refractivity contribution in [2.75, 3.05) is 11.9 Å². The monoisotopic (exact) mass is 227 g/mol. The number of anilines is 1. The summed E-state index contributed by atoms with van der Waals surface area (Å²) in [6, 6.07) is 4.32. The average molecular weight is 228 g/mol. The van der Waals surface area contributed by atoms with E-state index in [0.29, 0.717) is 17.8 Å². The van der Waals surface area contributed by atoms with E-state index in [1.165, 1.54) is 0 Å². The third-order valence-corrected chi connectivity index (χ3v) is 3.05. The van der Waals surface area contributed by atoms with Crippen LogP contribution in [0.15, 0.2) is 12.1 Å². The molecule has 0 spiro atoms. The molecule has 1 aromatic heterocycles. The molecular formula is C11H18ClN3. The van der Waals surface area contributed by atoms with Crippen LogP contribution in [0.5, 0.6) is 0 Å². The molecule has 84 valence electrons. The average Bonchev–Trinajstić information content (AvgIpc) is 2.27. The van der Waals surface area contributed by atoms with Crippen LogP contribution in [-0.4, -0.2) is 23.3 Å². The first-order chi connectivity index (χ1) is 7.06. The van der Waals surface area contributed by atoms with E-state index in [-0.39, 0.29) is 0 Å². The van der Waals surface area contributed by atoms with E-state index in [1.54, 1.807) is 0 Å². The van der Waals surface area contributed by atoms with Gasteiger partial charge in [-0.2, -0.15) is 5.10 Å². The van der Waals surface area contributed by atoms with Gasteiger partial charge < -0.3 is 4.90 Å². The maximum Gasteiger partial charge on any atom is 0.151 e. The molecule has 3 nitrogen and oxygen atoms in total. The molecule has 15 heavy (non-hydrogen) atoms. The number of halogens is 1. The second-order valence-electron chi connectivity index (χ2n) is 4.11. The maximum atomic E-state index is 5.66. The van der Waals surface area contributed by atoms with Crippen LogP contribution < -0.4 is 4.90 Å². The number of hydrogen-bond donors (Lipinski definition) is 0. The molecule has 4 heteroatoms. The van der Waals surface area contributed by atoms with Crippen LogP contribution in [0.2, 0.25) is 0 Å². The van der Waals surface area contributed by atoms with E-state index in [4.69, 9.17) is 11.6 Å². The summed E-state index contributed by atoms with van der Waals surface area (Å²) in [6.07, 6.45) is 0. The van der Waals surface area contributed by atoms with E-state index in [9.17, 15) is 0 Å². The third kappa shape index (κ3) is 3.06. The Morgan fingerprint density at radius 1 is 1.27 bits per heavy atom. The van der Waals surface area contributed by atoms with Gasteiger partial charge in [0.25, 0.3) is 0 Å². The molecule has 0 aliphatic rings. The van der Waals surface area contributed by atoms with Crippen molar-refractivity contribution in [1.29, 1.82) is 0 Å². The van der Waals surface area contributed by atoms with Gasteiger partial charge in [0.15, 0.2) is 5.82 Å². The molecule has 0 N–H and O–H groups in total. The van der Waals surface area contributed by atoms with Gasteiger partial charge in [-0.15, -0.1) is 16.7 Å². The van der Waals surface area contributed by atoms with Gasteiger partial charge in [0, 0.05) is 13.1 Å². The zero-order valence-electron chi connectivity index (χ0n) is 9.74. The van der Waals surface area contributed by atoms with Gasteiger partial charge in [-0.05, 0) is 25.0 Å². The van der Waals surface area contributed by atoms with E-state index < -0.39 is 0 Å². The lowest BCUT2D eigenvalue weighted by atomic mass is 10.1. The summed E-state index contributed by atoms with van der Waals surface area (Å²) in [5, 5.41) is 8.18. The van der Waals surface area contributed by atoms with Crippen molar-refractivity contribution in [3.8, 4) is 0 Å². The van der Waals surface area contributed by atoms with Crippen LogP contribution in [0.25, 0.3) is 0 Å². The van der Waals surface area contributed by atoms with Crippen molar-refractivity contribution in [3.63, 3.8) is 0 Å². The zero-order chi connectivity index (χ0) is 11.4. The van der Waals surface area contributed by atoms with Gasteiger partial charge in [0.1, 0.15) is 0 Å². The predicted octanol–water partition coefficient (Wildman–Crippen LogP) is 2.70. The van der Waals surface area contributed by atoms with E-state index in [0.717, 1.165) is 11.5 Å². The third-order valence-electron chi connectivity index (χ3n) is 2.78. The van der Waals surface area contributed by atoms with E-state index in [1.807, 2.05) is 19.2 Å². The topological polar surface area (TPSA) is 29.0 Å². The number of rotatable bonds is 4. The van der Waals surface area contributed by atoms with Gasteiger partial charge >= 0.3 is 0 Å². The summed E-state index contributed by atoms with van der Waals surface area (Å²) in [5.74, 6) is 1.89. The smallest absolute Gasteiger partial charge is 0.151 e. The predicted molar refractivity (Wildman–Crippen MR) is 64.3 cm³/mol. The first-order valence-corrected chi connectivity index (χ1v) is 5.71. The van der Waals surface area contributed by atoms with Crippen molar-refractivity contribution in [2.24, 2.45) is 5.92 Å². The lowest BCUT2D eigenvalue weighted by Crippen LogP contribution is -2.33. The van der Waals surface area contributed by atoms with Crippen LogP contribution >= 0.6 is 11.6 Å². The fraction of sp³-hybridized carbons (Fsp3) is 0.636. The molecule has 0 bridgehead atoms. The lowest BCUT2D eigenvalue weighted by molar-refractivity contribution is 0.501. The van der Waals surface area contributed by atoms with Crippen LogP contribution in [0.4, 0.5) is 5.82 Å². The highest BCUT2D eigenvalue weighted by molar-refractivity contribution is 6.16. The van der Waals surface area contributed by atoms with Gasteiger partial charge in [-0.25, -0.2) is 0 Å². The zero-order valence-corrected chi connectivity index (χ0v) is 10.5. The highest BCUT2D eigenvalue weighted by atomic mass is 35.5. The number of nitrogens with zero attached hydrogens (tertiary/aromatic N) is 3. The first-order valence-electron chi connectivity index (χ1n) is 5.17. The largest absolute Gasteiger partial charge is 0.355 e. The van der Waals surface area contributed by atoms with Crippen molar-refractivity contribution < 1.29 is 0 Å². The van der Waals surface area contributed by atoms with Crippen LogP contribution in [0, 0.1) is 5.92 Å². The molecule has 0 aliphatic carbocycles. The SMILES string of the molecule is CC(C)C(C)N(C)c1ccc(CCl)nn1. The van der Waals surface area contributed by atoms with Crippen molar-refractivity contribution in [1.82, 2.24) is 10.2 Å². The summed E-state index contributed by atoms with van der Waals surface area (Å²) in [4.78, 5) is 2.13. The van der Waals surface area contributed by atoms with E-state index >= 15 is 0 Å². The molecule has 1 aromatic rings. The number of hydrogen-bond acceptors (Lipinski definition) is 3. The Hall–Kier alpha value is -0.830. The molecule has 0 aromatic carbocycles. The molecule has 0 amide bonds. The van der Waals surface area contributed by atoms with Gasteiger partial charge in [0.05, 0.1) is 11.6 Å². The minimum Gasteiger partial charge on any atom is -0.355 e. The minimum atomic E-state index is 0.413. The first kappa shape index (κ1) is 12.2. The Labute approximate surface area is 96.5 Å². The number of aromatic nitrogens is 2. The van der Waals surface area contributed by atoms with Crippen molar-refractivity contribution in [3.05, 3.63) is 17.8 Å². The molecule has 0 radical (unpaired) electrons. The van der Waals surface area contributed by atoms with Gasteiger partial charge in [-0.3, -0.25) is 0 Å². The Balaban J connectivity index is 2.78. The standard InChI is InChI=1S/C11H18ClN3/c1-8(2)9(3)15(4)11-6-5-10(7-12)13-14-11/h5-6,8-9H,7H2,1-4H3. The Morgan fingerprint density at radius 3 is 2.33 bits per heavy atom. The van der Waals surface area contributed by atoms with Crippen molar-refractivity contribution in [2.45, 2.75) is 32.7 Å². The maximum absolute atomic E-state index is 5.66. The van der Waals surface area contributed by atoms with Crippen LogP contribution in [-0.2, 0) is 5.88 Å². The Kier molecular flexibility index (Phi) is 4.33. The summed E-state index contributed by atoms with van der Waals surface area (Å²) in [5.41, 5.74) is 0.811. The Bertz CT molecular complexity index is 297. The molecule has 1 rings (SSSR count). The molecule has 1 unspecified atom stereocenters. The Morgan fingerprint density at radius 2 is 1.93 bits per heavy atom. The quantitative estimate of drug-likeness (QED) is 0.741. The molecule has 1 heterocycles. The summed E-state index contributed by atoms with van der Waals surface area (Å²) in [6.45, 7) is 6.57. The normalized spacial score (nSPS) is 12.9. The second kappa shape index (κ2) is 5.31. The molecule has 0 saturated carbocycles. The fourth-order valence-corrected chi connectivity index (χ4v) is 1.41. The highest BCUT2D eigenvalue weighted by Crippen LogP contribution is 2.16. The molecule has 0 fully saturated rings. The van der Waals surface area contributed by atoms with E-state index in [2.05, 4.69) is 35.9 Å². The van der Waals surface area contributed by atoms with Crippen LogP contribution in [0.3, 0.4) is 0 Å². The fourth-order valence-electron chi connectivity index (χ4n) is 1.27. The molecule has 0 aliphatic heterocycles. The van der Waals surface area contributed by atoms with Crippen molar-refractivity contribution >= 4 is 17.4 Å². The van der Waals surface area contributed by atoms with Gasteiger partial charge in [0.2, 0.25) is 0 Å². The highest BCUT2D eigenvalue weighted by Gasteiger charge is 2.14. The van der Waals surface area contributed by atoms with Crippen LogP contribution in [0.1, 0.15) is 26.5 Å². The second-order valence-corrected chi connectivity index (χ2v) is 4.38. The molecule has 1 atom stereocenters. The summed E-state index contributed by atoms with van der Waals surface area (Å²) < 4.78 is 0. The summed E-state index contributed by atoms with van der Waals surface area (Å²) >= 11 is 5.66. The number of alkyl halides is 1. The lowest BCUT2D eigenvalue weighted by Gasteiger charge is -2.28. The summed E-state index contributed by atoms with van der Waals surface area (Å²) in [7, 11) is 2.04. The van der Waals surface area contributed by atoms with Gasteiger partial charge in [-0.1, -0.05) is 13.8 Å². The minimum absolute atomic E-state index is 0.413.